The molecule has 0 spiro atoms. The van der Waals surface area contributed by atoms with Crippen LogP contribution in [0.25, 0.3) is 11.0 Å². The van der Waals surface area contributed by atoms with Crippen LogP contribution in [-0.2, 0) is 22.4 Å². The van der Waals surface area contributed by atoms with E-state index in [9.17, 15) is 14.4 Å². The number of rotatable bonds is 7. The summed E-state index contributed by atoms with van der Waals surface area (Å²) in [6.45, 7) is 5.62. The summed E-state index contributed by atoms with van der Waals surface area (Å²) in [7, 11) is 1.51. The normalized spacial score (nSPS) is 10.8. The molecule has 0 radical (unpaired) electrons. The van der Waals surface area contributed by atoms with Crippen molar-refractivity contribution in [2.45, 2.75) is 33.6 Å². The van der Waals surface area contributed by atoms with Crippen molar-refractivity contribution in [3.8, 4) is 0 Å². The van der Waals surface area contributed by atoms with Crippen LogP contribution in [0.15, 0.2) is 28.9 Å². The van der Waals surface area contributed by atoms with Gasteiger partial charge in [-0.25, -0.2) is 4.79 Å². The number of thiophene rings is 1. The van der Waals surface area contributed by atoms with Gasteiger partial charge in [0.1, 0.15) is 10.6 Å². The van der Waals surface area contributed by atoms with Gasteiger partial charge in [-0.3, -0.25) is 9.59 Å². The molecule has 7 nitrogen and oxygen atoms in total. The molecule has 2 heterocycles. The van der Waals surface area contributed by atoms with Crippen LogP contribution >= 0.6 is 11.3 Å². The zero-order valence-electron chi connectivity index (χ0n) is 17.4. The van der Waals surface area contributed by atoms with Crippen molar-refractivity contribution in [3.63, 3.8) is 0 Å². The Labute approximate surface area is 178 Å². The molecule has 30 heavy (non-hydrogen) atoms. The monoisotopic (exact) mass is 428 g/mol. The number of hydrogen-bond acceptors (Lipinski definition) is 6. The van der Waals surface area contributed by atoms with Crippen LogP contribution in [0.2, 0.25) is 0 Å². The highest BCUT2D eigenvalue weighted by molar-refractivity contribution is 7.18. The third-order valence-corrected chi connectivity index (χ3v) is 6.00. The molecular formula is C22H24N2O5S. The molecule has 0 atom stereocenters. The van der Waals surface area contributed by atoms with Gasteiger partial charge in [-0.05, 0) is 37.5 Å². The Balaban J connectivity index is 1.87. The van der Waals surface area contributed by atoms with Crippen molar-refractivity contribution in [1.82, 2.24) is 5.32 Å². The van der Waals surface area contributed by atoms with Crippen molar-refractivity contribution >= 4 is 45.1 Å². The number of amides is 2. The molecule has 158 valence electrons. The molecule has 8 heteroatoms. The fourth-order valence-corrected chi connectivity index (χ4v) is 4.37. The summed E-state index contributed by atoms with van der Waals surface area (Å²) in [6, 6.07) is 5.92. The number of furan rings is 1. The molecule has 0 saturated carbocycles. The van der Waals surface area contributed by atoms with E-state index in [4.69, 9.17) is 9.15 Å². The van der Waals surface area contributed by atoms with Crippen LogP contribution < -0.4 is 10.6 Å². The predicted octanol–water partition coefficient (Wildman–Crippen LogP) is 4.08. The highest BCUT2D eigenvalue weighted by atomic mass is 32.1. The molecular weight excluding hydrogens is 404 g/mol. The minimum Gasteiger partial charge on any atom is -0.464 e. The van der Waals surface area contributed by atoms with Gasteiger partial charge in [0.15, 0.2) is 0 Å². The zero-order chi connectivity index (χ0) is 21.8. The molecule has 0 aliphatic carbocycles. The van der Waals surface area contributed by atoms with Gasteiger partial charge >= 0.3 is 5.97 Å². The lowest BCUT2D eigenvalue weighted by atomic mass is 10.1. The molecule has 0 fully saturated rings. The first-order valence-corrected chi connectivity index (χ1v) is 10.5. The minimum absolute atomic E-state index is 0.0764. The Morgan fingerprint density at radius 3 is 2.63 bits per heavy atom. The first-order chi connectivity index (χ1) is 14.4. The van der Waals surface area contributed by atoms with E-state index in [-0.39, 0.29) is 30.4 Å². The van der Waals surface area contributed by atoms with E-state index < -0.39 is 5.97 Å². The number of ether oxygens (including phenoxy) is 1. The summed E-state index contributed by atoms with van der Waals surface area (Å²) in [6.07, 6.45) is 2.55. The maximum absolute atomic E-state index is 12.7. The highest BCUT2D eigenvalue weighted by Gasteiger charge is 2.26. The number of carbonyl (C=O) groups excluding carboxylic acids is 3. The average molecular weight is 429 g/mol. The third kappa shape index (κ3) is 4.23. The molecule has 3 aromatic rings. The third-order valence-electron chi connectivity index (χ3n) is 4.79. The number of hydrogen-bond donors (Lipinski definition) is 2. The van der Waals surface area contributed by atoms with Gasteiger partial charge in [-0.15, -0.1) is 11.3 Å². The van der Waals surface area contributed by atoms with E-state index in [0.29, 0.717) is 15.4 Å². The SMILES string of the molecule is CCOC(=O)c1c(NC(=O)Cc2coc3cc(CC)ccc23)sc(C(=O)NC)c1C. The van der Waals surface area contributed by atoms with Gasteiger partial charge in [0.25, 0.3) is 5.91 Å². The van der Waals surface area contributed by atoms with Gasteiger partial charge in [0, 0.05) is 18.0 Å². The van der Waals surface area contributed by atoms with E-state index in [1.54, 1.807) is 20.1 Å². The second-order valence-corrected chi connectivity index (χ2v) is 7.75. The molecule has 0 aliphatic rings. The highest BCUT2D eigenvalue weighted by Crippen LogP contribution is 2.34. The van der Waals surface area contributed by atoms with E-state index in [2.05, 4.69) is 17.6 Å². The molecule has 1 aromatic carbocycles. The first-order valence-electron chi connectivity index (χ1n) is 9.70. The average Bonchev–Trinajstić information content (AvgIpc) is 3.27. The minimum atomic E-state index is -0.572. The fourth-order valence-electron chi connectivity index (χ4n) is 3.21. The largest absolute Gasteiger partial charge is 0.464 e. The van der Waals surface area contributed by atoms with E-state index in [1.165, 1.54) is 7.05 Å². The van der Waals surface area contributed by atoms with E-state index >= 15 is 0 Å². The number of aryl methyl sites for hydroxylation is 1. The van der Waals surface area contributed by atoms with Gasteiger partial charge in [0.05, 0.1) is 29.7 Å². The van der Waals surface area contributed by atoms with Crippen LogP contribution in [0.5, 0.6) is 0 Å². The Morgan fingerprint density at radius 1 is 1.20 bits per heavy atom. The Morgan fingerprint density at radius 2 is 1.97 bits per heavy atom. The van der Waals surface area contributed by atoms with Gasteiger partial charge in [0.2, 0.25) is 5.91 Å². The molecule has 0 aliphatic heterocycles. The summed E-state index contributed by atoms with van der Waals surface area (Å²) in [5.41, 5.74) is 3.33. The van der Waals surface area contributed by atoms with Crippen molar-refractivity contribution in [2.75, 3.05) is 19.0 Å². The molecule has 0 bridgehead atoms. The number of carbonyl (C=O) groups is 3. The van der Waals surface area contributed by atoms with Gasteiger partial charge < -0.3 is 19.8 Å². The molecule has 0 saturated heterocycles. The quantitative estimate of drug-likeness (QED) is 0.553. The standard InChI is InChI=1S/C22H24N2O5S/c1-5-13-7-8-15-14(11-29-16(15)9-13)10-17(25)24-21-18(22(27)28-6-2)12(3)19(30-21)20(26)23-4/h7-9,11H,5-6,10H2,1-4H3,(H,23,26)(H,24,25). The lowest BCUT2D eigenvalue weighted by molar-refractivity contribution is -0.115. The zero-order valence-corrected chi connectivity index (χ0v) is 18.2. The van der Waals surface area contributed by atoms with Crippen LogP contribution in [-0.4, -0.2) is 31.4 Å². The van der Waals surface area contributed by atoms with Crippen molar-refractivity contribution in [2.24, 2.45) is 0 Å². The Hall–Kier alpha value is -3.13. The van der Waals surface area contributed by atoms with Crippen molar-refractivity contribution in [1.29, 1.82) is 0 Å². The number of nitrogens with one attached hydrogen (secondary N) is 2. The smallest absolute Gasteiger partial charge is 0.341 e. The fraction of sp³-hybridized carbons (Fsp3) is 0.318. The molecule has 3 rings (SSSR count). The van der Waals surface area contributed by atoms with Crippen molar-refractivity contribution < 1.29 is 23.5 Å². The lowest BCUT2D eigenvalue weighted by Crippen LogP contribution is -2.18. The van der Waals surface area contributed by atoms with E-state index in [1.807, 2.05) is 18.2 Å². The predicted molar refractivity (Wildman–Crippen MR) is 116 cm³/mol. The van der Waals surface area contributed by atoms with E-state index in [0.717, 1.165) is 39.9 Å². The molecule has 2 N–H and O–H groups in total. The molecule has 0 unspecified atom stereocenters. The maximum Gasteiger partial charge on any atom is 0.341 e. The number of benzene rings is 1. The molecule has 2 aromatic heterocycles. The molecule has 2 amide bonds. The summed E-state index contributed by atoms with van der Waals surface area (Å²) in [4.78, 5) is 37.7. The summed E-state index contributed by atoms with van der Waals surface area (Å²) < 4.78 is 10.7. The summed E-state index contributed by atoms with van der Waals surface area (Å²) in [5.74, 6) is -1.21. The Bertz CT molecular complexity index is 1110. The number of esters is 1. The Kier molecular flexibility index (Phi) is 6.56. The van der Waals surface area contributed by atoms with Crippen LogP contribution in [0.4, 0.5) is 5.00 Å². The first kappa shape index (κ1) is 21.6. The van der Waals surface area contributed by atoms with Crippen LogP contribution in [0.3, 0.4) is 0 Å². The van der Waals surface area contributed by atoms with Gasteiger partial charge in [-0.1, -0.05) is 19.1 Å². The maximum atomic E-state index is 12.7. The topological polar surface area (TPSA) is 97.6 Å². The van der Waals surface area contributed by atoms with Gasteiger partial charge in [-0.2, -0.15) is 0 Å². The van der Waals surface area contributed by atoms with Crippen molar-refractivity contribution in [3.05, 3.63) is 51.6 Å². The second kappa shape index (κ2) is 9.13. The second-order valence-electron chi connectivity index (χ2n) is 6.73. The van der Waals surface area contributed by atoms with Crippen LogP contribution in [0, 0.1) is 6.92 Å². The van der Waals surface area contributed by atoms with Crippen LogP contribution in [0.1, 0.15) is 50.6 Å². The lowest BCUT2D eigenvalue weighted by Gasteiger charge is -2.07. The summed E-state index contributed by atoms with van der Waals surface area (Å²) >= 11 is 1.05. The number of anilines is 1. The summed E-state index contributed by atoms with van der Waals surface area (Å²) in [5, 5.41) is 6.50. The number of fused-ring (bicyclic) bond motifs is 1.